The molecule has 2 aromatic heterocycles. The van der Waals surface area contributed by atoms with E-state index in [4.69, 9.17) is 0 Å². The van der Waals surface area contributed by atoms with E-state index in [1.54, 1.807) is 22.7 Å². The summed E-state index contributed by atoms with van der Waals surface area (Å²) in [7, 11) is 0. The van der Waals surface area contributed by atoms with E-state index in [1.165, 1.54) is 0 Å². The fraction of sp³-hybridized carbons (Fsp3) is 0. The summed E-state index contributed by atoms with van der Waals surface area (Å²) in [5, 5.41) is 12.1. The van der Waals surface area contributed by atoms with Gasteiger partial charge in [0.05, 0.1) is 10.2 Å². The zero-order chi connectivity index (χ0) is 12.8. The van der Waals surface area contributed by atoms with E-state index in [0.29, 0.717) is 5.75 Å². The molecule has 4 aromatic rings. The van der Waals surface area contributed by atoms with Crippen LogP contribution >= 0.6 is 22.7 Å². The number of thiazole rings is 1. The van der Waals surface area contributed by atoms with Crippen molar-refractivity contribution in [2.24, 2.45) is 0 Å². The molecular formula is C15H9NOS2. The number of hydrogen-bond acceptors (Lipinski definition) is 4. The Morgan fingerprint density at radius 3 is 2.37 bits per heavy atom. The number of aromatic nitrogens is 1. The predicted octanol–water partition coefficient (Wildman–Crippen LogP) is 4.88. The van der Waals surface area contributed by atoms with E-state index in [-0.39, 0.29) is 0 Å². The Labute approximate surface area is 117 Å². The van der Waals surface area contributed by atoms with Crippen molar-refractivity contribution >= 4 is 43.0 Å². The van der Waals surface area contributed by atoms with Crippen molar-refractivity contribution in [3.05, 3.63) is 48.5 Å². The van der Waals surface area contributed by atoms with Crippen LogP contribution in [0.3, 0.4) is 0 Å². The lowest BCUT2D eigenvalue weighted by Gasteiger charge is -1.91. The molecule has 0 aliphatic carbocycles. The second-order valence-electron chi connectivity index (χ2n) is 4.26. The third-order valence-electron chi connectivity index (χ3n) is 3.06. The van der Waals surface area contributed by atoms with Crippen molar-refractivity contribution in [3.8, 4) is 15.6 Å². The van der Waals surface area contributed by atoms with E-state index < -0.39 is 0 Å². The van der Waals surface area contributed by atoms with Crippen molar-refractivity contribution in [2.75, 3.05) is 0 Å². The molecule has 1 N–H and O–H groups in total. The molecule has 2 nitrogen and oxygen atoms in total. The minimum atomic E-state index is 0.347. The highest BCUT2D eigenvalue weighted by Crippen LogP contribution is 2.45. The van der Waals surface area contributed by atoms with Gasteiger partial charge in [-0.1, -0.05) is 24.3 Å². The lowest BCUT2D eigenvalue weighted by molar-refractivity contribution is 0.485. The number of para-hydroxylation sites is 1. The van der Waals surface area contributed by atoms with Gasteiger partial charge in [0.2, 0.25) is 0 Å². The molecule has 19 heavy (non-hydrogen) atoms. The summed E-state index contributed by atoms with van der Waals surface area (Å²) in [5.41, 5.74) is 0.986. The Balaban J connectivity index is 2.01. The summed E-state index contributed by atoms with van der Waals surface area (Å²) in [5.74, 6) is 0.347. The topological polar surface area (TPSA) is 33.1 Å². The van der Waals surface area contributed by atoms with Gasteiger partial charge in [0.15, 0.2) is 0 Å². The number of benzene rings is 2. The first-order chi connectivity index (χ1) is 9.33. The molecular weight excluding hydrogens is 274 g/mol. The minimum absolute atomic E-state index is 0.347. The molecule has 4 heteroatoms. The second kappa shape index (κ2) is 4.05. The molecule has 0 saturated heterocycles. The summed E-state index contributed by atoms with van der Waals surface area (Å²) in [4.78, 5) is 5.47. The first-order valence-electron chi connectivity index (χ1n) is 5.89. The van der Waals surface area contributed by atoms with Crippen LogP contribution in [0.4, 0.5) is 0 Å². The van der Waals surface area contributed by atoms with Crippen LogP contribution in [0.1, 0.15) is 0 Å². The van der Waals surface area contributed by atoms with Gasteiger partial charge in [-0.15, -0.1) is 22.7 Å². The third kappa shape index (κ3) is 1.64. The van der Waals surface area contributed by atoms with Crippen LogP contribution < -0.4 is 0 Å². The number of hydrogen-bond donors (Lipinski definition) is 1. The Kier molecular flexibility index (Phi) is 2.33. The van der Waals surface area contributed by atoms with Crippen LogP contribution in [0.15, 0.2) is 48.5 Å². The smallest absolute Gasteiger partial charge is 0.144 e. The Morgan fingerprint density at radius 2 is 1.58 bits per heavy atom. The van der Waals surface area contributed by atoms with Crippen molar-refractivity contribution in [3.63, 3.8) is 0 Å². The molecule has 0 amide bonds. The molecule has 0 saturated carbocycles. The van der Waals surface area contributed by atoms with Gasteiger partial charge in [0.1, 0.15) is 15.6 Å². The maximum Gasteiger partial charge on any atom is 0.144 e. The van der Waals surface area contributed by atoms with Gasteiger partial charge >= 0.3 is 0 Å². The van der Waals surface area contributed by atoms with Crippen molar-refractivity contribution < 1.29 is 5.11 Å². The highest BCUT2D eigenvalue weighted by Gasteiger charge is 2.15. The van der Waals surface area contributed by atoms with Gasteiger partial charge in [-0.25, -0.2) is 4.98 Å². The zero-order valence-electron chi connectivity index (χ0n) is 9.83. The Hall–Kier alpha value is -1.91. The maximum absolute atomic E-state index is 10.3. The van der Waals surface area contributed by atoms with E-state index >= 15 is 0 Å². The highest BCUT2D eigenvalue weighted by atomic mass is 32.1. The lowest BCUT2D eigenvalue weighted by Crippen LogP contribution is -1.70. The fourth-order valence-corrected chi connectivity index (χ4v) is 4.28. The van der Waals surface area contributed by atoms with Crippen LogP contribution in [-0.4, -0.2) is 10.1 Å². The Bertz CT molecular complexity index is 858. The average molecular weight is 283 g/mol. The molecule has 0 spiro atoms. The number of nitrogens with zero attached hydrogens (tertiary/aromatic N) is 1. The lowest BCUT2D eigenvalue weighted by atomic mass is 10.2. The zero-order valence-corrected chi connectivity index (χ0v) is 11.5. The molecule has 4 rings (SSSR count). The quantitative estimate of drug-likeness (QED) is 0.540. The van der Waals surface area contributed by atoms with Gasteiger partial charge in [0, 0.05) is 10.1 Å². The highest BCUT2D eigenvalue weighted by molar-refractivity contribution is 7.28. The minimum Gasteiger partial charge on any atom is -0.506 e. The molecule has 0 aliphatic rings. The van der Waals surface area contributed by atoms with Gasteiger partial charge < -0.3 is 5.11 Å². The van der Waals surface area contributed by atoms with Crippen molar-refractivity contribution in [1.29, 1.82) is 0 Å². The normalized spacial score (nSPS) is 11.4. The SMILES string of the molecule is Oc1c(-c2nc3ccccc3s2)sc2ccccc12. The third-order valence-corrected chi connectivity index (χ3v) is 5.41. The standard InChI is InChI=1S/C15H9NOS2/c17-13-9-5-1-3-7-11(9)18-14(13)15-16-10-6-2-4-8-12(10)19-15/h1-8,17H. The van der Waals surface area contributed by atoms with Crippen LogP contribution in [0.2, 0.25) is 0 Å². The summed E-state index contributed by atoms with van der Waals surface area (Å²) >= 11 is 3.21. The fourth-order valence-electron chi connectivity index (χ4n) is 2.15. The summed E-state index contributed by atoms with van der Waals surface area (Å²) < 4.78 is 2.24. The van der Waals surface area contributed by atoms with E-state index in [9.17, 15) is 5.11 Å². The molecule has 2 heterocycles. The van der Waals surface area contributed by atoms with Crippen LogP contribution in [0, 0.1) is 0 Å². The molecule has 0 unspecified atom stereocenters. The number of thiophene rings is 1. The molecule has 0 aliphatic heterocycles. The van der Waals surface area contributed by atoms with Crippen LogP contribution in [-0.2, 0) is 0 Å². The molecule has 92 valence electrons. The van der Waals surface area contributed by atoms with Crippen LogP contribution in [0.25, 0.3) is 30.2 Å². The van der Waals surface area contributed by atoms with Gasteiger partial charge in [-0.2, -0.15) is 0 Å². The average Bonchev–Trinajstić information content (AvgIpc) is 3.00. The Morgan fingerprint density at radius 1 is 0.842 bits per heavy atom. The molecule has 2 aromatic carbocycles. The summed E-state index contributed by atoms with van der Waals surface area (Å²) in [6.07, 6.45) is 0. The van der Waals surface area contributed by atoms with Crippen molar-refractivity contribution in [2.45, 2.75) is 0 Å². The van der Waals surface area contributed by atoms with Crippen LogP contribution in [0.5, 0.6) is 5.75 Å². The monoisotopic (exact) mass is 283 g/mol. The number of rotatable bonds is 1. The van der Waals surface area contributed by atoms with Gasteiger partial charge in [-0.3, -0.25) is 0 Å². The second-order valence-corrected chi connectivity index (χ2v) is 6.35. The predicted molar refractivity (Wildman–Crippen MR) is 82.1 cm³/mol. The number of aromatic hydroxyl groups is 1. The van der Waals surface area contributed by atoms with Crippen molar-refractivity contribution in [1.82, 2.24) is 4.98 Å². The largest absolute Gasteiger partial charge is 0.506 e. The van der Waals surface area contributed by atoms with Gasteiger partial charge in [0.25, 0.3) is 0 Å². The summed E-state index contributed by atoms with van der Waals surface area (Å²) in [6.45, 7) is 0. The summed E-state index contributed by atoms with van der Waals surface area (Å²) in [6, 6.07) is 15.9. The first kappa shape index (κ1) is 11.0. The molecule has 0 radical (unpaired) electrons. The first-order valence-corrected chi connectivity index (χ1v) is 7.53. The molecule has 0 fully saturated rings. The maximum atomic E-state index is 10.3. The van der Waals surface area contributed by atoms with Gasteiger partial charge in [-0.05, 0) is 24.3 Å². The van der Waals surface area contributed by atoms with E-state index in [1.807, 2.05) is 42.5 Å². The molecule has 0 atom stereocenters. The van der Waals surface area contributed by atoms with E-state index in [0.717, 1.165) is 30.2 Å². The molecule has 0 bridgehead atoms. The number of fused-ring (bicyclic) bond motifs is 2. The van der Waals surface area contributed by atoms with E-state index in [2.05, 4.69) is 11.1 Å².